The number of carbonyl (C=O) groups is 6. The summed E-state index contributed by atoms with van der Waals surface area (Å²) < 4.78 is 65.8. The number of nitrogens with one attached hydrogen (secondary N) is 1. The normalized spacial score (nSPS) is 32.5. The average Bonchev–Trinajstić information content (AvgIpc) is 3.65. The lowest BCUT2D eigenvalue weighted by atomic mass is 9.44. The van der Waals surface area contributed by atoms with Gasteiger partial charge in [0.15, 0.2) is 17.2 Å². The van der Waals surface area contributed by atoms with Crippen molar-refractivity contribution >= 4 is 35.9 Å². The molecular weight excluding hydrogens is 927 g/mol. The number of hydrogen-bond acceptors (Lipinski definition) is 18. The van der Waals surface area contributed by atoms with Gasteiger partial charge in [-0.05, 0) is 77.3 Å². The number of amides is 1. The van der Waals surface area contributed by atoms with E-state index in [0.717, 1.165) is 0 Å². The third-order valence-corrected chi connectivity index (χ3v) is 14.7. The van der Waals surface area contributed by atoms with Gasteiger partial charge >= 0.3 is 30.2 Å². The van der Waals surface area contributed by atoms with Crippen LogP contribution < -0.4 is 5.32 Å². The molecule has 3 aliphatic carbocycles. The number of ketones is 1. The quantitative estimate of drug-likeness (QED) is 0.135. The number of benzene rings is 2. The first-order chi connectivity index (χ1) is 33.2. The van der Waals surface area contributed by atoms with Crippen molar-refractivity contribution in [3.05, 3.63) is 82.9 Å². The largest absolute Gasteiger partial charge is 0.509 e. The average molecular weight is 994 g/mol. The number of rotatable bonds is 13. The second-order valence-electron chi connectivity index (χ2n) is 21.1. The molecule has 0 aromatic heterocycles. The Bertz CT molecular complexity index is 2380. The molecule has 2 aromatic rings. The van der Waals surface area contributed by atoms with Crippen molar-refractivity contribution < 1.29 is 86.0 Å². The molecule has 2 aliphatic heterocycles. The summed E-state index contributed by atoms with van der Waals surface area (Å²) in [6.07, 6.45) is -11.9. The fourth-order valence-corrected chi connectivity index (χ4v) is 11.3. The van der Waals surface area contributed by atoms with Crippen LogP contribution in [-0.2, 0) is 66.5 Å². The van der Waals surface area contributed by atoms with Gasteiger partial charge in [0.2, 0.25) is 6.10 Å². The van der Waals surface area contributed by atoms with Crippen LogP contribution in [0.2, 0.25) is 0 Å². The van der Waals surface area contributed by atoms with Crippen LogP contribution in [0.3, 0.4) is 0 Å². The monoisotopic (exact) mass is 993 g/mol. The van der Waals surface area contributed by atoms with E-state index in [1.54, 1.807) is 111 Å². The predicted octanol–water partition coefficient (Wildman–Crippen LogP) is 5.88. The van der Waals surface area contributed by atoms with E-state index < -0.39 is 130 Å². The van der Waals surface area contributed by atoms with Crippen LogP contribution in [0, 0.1) is 16.7 Å². The second kappa shape index (κ2) is 19.9. The molecule has 4 fully saturated rings. The molecule has 3 unspecified atom stereocenters. The summed E-state index contributed by atoms with van der Waals surface area (Å²) in [6.45, 7) is 15.7. The number of methoxy groups -OCH3 is 2. The Hall–Kier alpha value is -5.44. The van der Waals surface area contributed by atoms with Crippen LogP contribution in [0.25, 0.3) is 0 Å². The molecule has 388 valence electrons. The van der Waals surface area contributed by atoms with E-state index >= 15 is 9.59 Å². The summed E-state index contributed by atoms with van der Waals surface area (Å²) in [7, 11) is 2.75. The van der Waals surface area contributed by atoms with Gasteiger partial charge in [-0.2, -0.15) is 0 Å². The van der Waals surface area contributed by atoms with E-state index in [2.05, 4.69) is 5.32 Å². The molecule has 5 aliphatic rings. The van der Waals surface area contributed by atoms with E-state index in [1.165, 1.54) is 33.3 Å². The summed E-state index contributed by atoms with van der Waals surface area (Å²) >= 11 is 0. The van der Waals surface area contributed by atoms with E-state index in [4.69, 9.17) is 52.1 Å². The first kappa shape index (κ1) is 53.4. The Morgan fingerprint density at radius 2 is 1.56 bits per heavy atom. The van der Waals surface area contributed by atoms with Gasteiger partial charge in [0.05, 0.1) is 36.2 Å². The summed E-state index contributed by atoms with van der Waals surface area (Å²) in [6, 6.07) is 14.7. The Labute approximate surface area is 413 Å². The Morgan fingerprint density at radius 1 is 0.915 bits per heavy atom. The molecule has 1 amide bonds. The lowest BCUT2D eigenvalue weighted by Gasteiger charge is -2.67. The van der Waals surface area contributed by atoms with Gasteiger partial charge in [0.25, 0.3) is 0 Å². The van der Waals surface area contributed by atoms with E-state index in [-0.39, 0.29) is 43.0 Å². The highest BCUT2D eigenvalue weighted by Gasteiger charge is 2.78. The van der Waals surface area contributed by atoms with Crippen molar-refractivity contribution in [3.8, 4) is 0 Å². The molecular formula is C52H67NO18. The van der Waals surface area contributed by atoms with Gasteiger partial charge in [-0.15, -0.1) is 0 Å². The topological polar surface area (TPSA) is 236 Å². The van der Waals surface area contributed by atoms with Crippen LogP contribution >= 0.6 is 0 Å². The first-order valence-corrected chi connectivity index (χ1v) is 23.7. The first-order valence-electron chi connectivity index (χ1n) is 23.7. The van der Waals surface area contributed by atoms with Gasteiger partial charge in [-0.3, -0.25) is 9.59 Å². The molecule has 2 N–H and O–H groups in total. The van der Waals surface area contributed by atoms with Crippen LogP contribution in [0.15, 0.2) is 71.8 Å². The van der Waals surface area contributed by atoms with Crippen molar-refractivity contribution in [2.45, 2.75) is 153 Å². The van der Waals surface area contributed by atoms with Crippen LogP contribution in [0.1, 0.15) is 104 Å². The minimum absolute atomic E-state index is 0.0849. The van der Waals surface area contributed by atoms with Crippen LogP contribution in [0.5, 0.6) is 0 Å². The van der Waals surface area contributed by atoms with E-state index in [0.29, 0.717) is 5.56 Å². The minimum Gasteiger partial charge on any atom is -0.455 e. The number of fused-ring (bicyclic) bond motifs is 5. The maximum Gasteiger partial charge on any atom is 0.509 e. The van der Waals surface area contributed by atoms with Crippen molar-refractivity contribution in [2.75, 3.05) is 34.0 Å². The van der Waals surface area contributed by atoms with E-state index in [9.17, 15) is 24.3 Å². The zero-order valence-corrected chi connectivity index (χ0v) is 42.4. The molecule has 19 heteroatoms. The molecule has 2 saturated carbocycles. The number of aliphatic hydroxyl groups is 1. The Morgan fingerprint density at radius 3 is 2.11 bits per heavy atom. The SMILES string of the molecule is CO[C@H]1C(=O)[C@@]2(C)C([C@H](OC(=O)c3ccccc3)C3(O)C[C@H](OC(=O)[C@H](OC(=O)OCC4COC(C)(C)O4)[C@@H](NC(=O)OC(C)(C)C)c4ccccc4)C(C)=C1C3(C)C)[C@]1(OC(C)=O)CO[C@@H]1C[C@@H]2OC. The zero-order valence-electron chi connectivity index (χ0n) is 42.4. The Balaban J connectivity index is 1.37. The fraction of sp³-hybridized carbons (Fsp3) is 0.615. The standard InChI is InChI=1S/C52H67NO18/c1-28-33(66-44(57)39(67-46(59)63-25-32-26-65-49(8,9)70-32)37(30-19-15-13-16-20-30)53-45(58)71-47(3,4)5)24-52(60)42(68-43(56)31-21-17-14-18-22-31)40-50(10,41(55)38(62-12)36(28)48(52,6)7)34(61-11)23-35-51(40,27-64-35)69-29(2)54/h13-22,32-35,37-40,42,60H,23-27H2,1-12H3,(H,53,58)/t32?,33-,34-,35+,37-,38+,39+,40?,42-,50+,51-,52?/m0/s1. The van der Waals surface area contributed by atoms with Crippen LogP contribution in [-0.4, -0.2) is 140 Å². The number of Topliss-reactive ketones (excluding diaryl/α,β-unsaturated/α-hetero) is 1. The molecule has 71 heavy (non-hydrogen) atoms. The fourth-order valence-electron chi connectivity index (χ4n) is 11.3. The molecule has 0 spiro atoms. The second-order valence-corrected chi connectivity index (χ2v) is 21.1. The number of ether oxygens (including phenoxy) is 11. The maximum absolute atomic E-state index is 15.8. The van der Waals surface area contributed by atoms with Gasteiger partial charge in [-0.1, -0.05) is 62.4 Å². The molecule has 2 heterocycles. The lowest BCUT2D eigenvalue weighted by Crippen LogP contribution is -2.82. The molecule has 2 aromatic carbocycles. The molecule has 2 saturated heterocycles. The summed E-state index contributed by atoms with van der Waals surface area (Å²) in [5, 5.41) is 16.7. The highest BCUT2D eigenvalue weighted by molar-refractivity contribution is 5.94. The highest BCUT2D eigenvalue weighted by Crippen LogP contribution is 2.65. The predicted molar refractivity (Wildman–Crippen MR) is 248 cm³/mol. The van der Waals surface area contributed by atoms with Crippen molar-refractivity contribution in [2.24, 2.45) is 16.7 Å². The number of carbonyl (C=O) groups excluding carboxylic acids is 6. The van der Waals surface area contributed by atoms with Crippen LogP contribution in [0.4, 0.5) is 9.59 Å². The molecule has 0 radical (unpaired) electrons. The third-order valence-electron chi connectivity index (χ3n) is 14.7. The molecule has 12 atom stereocenters. The Kier molecular flexibility index (Phi) is 14.9. The number of esters is 3. The molecule has 2 bridgehead atoms. The minimum atomic E-state index is -2.32. The van der Waals surface area contributed by atoms with Gasteiger partial charge in [-0.25, -0.2) is 19.2 Å². The number of hydrogen-bond donors (Lipinski definition) is 2. The van der Waals surface area contributed by atoms with Gasteiger partial charge in [0.1, 0.15) is 54.4 Å². The van der Waals surface area contributed by atoms with Crippen molar-refractivity contribution in [1.82, 2.24) is 5.32 Å². The summed E-state index contributed by atoms with van der Waals surface area (Å²) in [4.78, 5) is 86.0. The molecule has 19 nitrogen and oxygen atoms in total. The number of alkyl carbamates (subject to hydrolysis) is 1. The summed E-state index contributed by atoms with van der Waals surface area (Å²) in [5.41, 5.74) is -7.35. The maximum atomic E-state index is 15.8. The van der Waals surface area contributed by atoms with E-state index in [1.807, 2.05) is 0 Å². The third kappa shape index (κ3) is 10.1. The highest BCUT2D eigenvalue weighted by atomic mass is 16.8. The summed E-state index contributed by atoms with van der Waals surface area (Å²) in [5.74, 6) is -5.69. The lowest BCUT2D eigenvalue weighted by molar-refractivity contribution is -0.347. The van der Waals surface area contributed by atoms with Crippen molar-refractivity contribution in [3.63, 3.8) is 0 Å². The van der Waals surface area contributed by atoms with Crippen molar-refractivity contribution in [1.29, 1.82) is 0 Å². The smallest absolute Gasteiger partial charge is 0.455 e. The van der Waals surface area contributed by atoms with Gasteiger partial charge in [0, 0.05) is 39.4 Å². The van der Waals surface area contributed by atoms with Gasteiger partial charge < -0.3 is 62.5 Å². The zero-order chi connectivity index (χ0) is 52.1. The molecule has 7 rings (SSSR count).